The topological polar surface area (TPSA) is 39.1 Å². The number of hydrogen-bond acceptors (Lipinski definition) is 3. The van der Waals surface area contributed by atoms with Crippen molar-refractivity contribution in [3.8, 4) is 6.07 Å². The van der Waals surface area contributed by atoms with Crippen molar-refractivity contribution in [2.45, 2.75) is 44.3 Å². The minimum absolute atomic E-state index is 0.409. The van der Waals surface area contributed by atoms with E-state index in [0.717, 1.165) is 26.1 Å². The van der Waals surface area contributed by atoms with Gasteiger partial charge in [0, 0.05) is 25.7 Å². The van der Waals surface area contributed by atoms with Crippen LogP contribution in [0.5, 0.6) is 0 Å². The Morgan fingerprint density at radius 2 is 2.11 bits per heavy atom. The lowest BCUT2D eigenvalue weighted by Crippen LogP contribution is -2.52. The molecule has 0 aromatic heterocycles. The predicted molar refractivity (Wildman–Crippen MR) is 75.6 cm³/mol. The van der Waals surface area contributed by atoms with Crippen molar-refractivity contribution < 1.29 is 0 Å². The van der Waals surface area contributed by atoms with Crippen molar-refractivity contribution in [1.29, 1.82) is 5.26 Å². The molecular formula is C16H21N3. The highest BCUT2D eigenvalue weighted by Crippen LogP contribution is 2.24. The van der Waals surface area contributed by atoms with Crippen LogP contribution in [-0.2, 0) is 13.0 Å². The minimum Gasteiger partial charge on any atom is -0.296 e. The van der Waals surface area contributed by atoms with Gasteiger partial charge >= 0.3 is 0 Å². The molecule has 1 aromatic rings. The predicted octanol–water partition coefficient (Wildman–Crippen LogP) is 2.08. The van der Waals surface area contributed by atoms with Gasteiger partial charge < -0.3 is 0 Å². The molecule has 0 amide bonds. The summed E-state index contributed by atoms with van der Waals surface area (Å²) in [4.78, 5) is 2.40. The fourth-order valence-electron chi connectivity index (χ4n) is 2.93. The standard InChI is InChI=1S/C16H21N3/c1-16(11-17,18-15-6-7-15)12-19-9-8-13-4-2-3-5-14(13)10-19/h2-5,15,18H,6-10,12H2,1H3. The highest BCUT2D eigenvalue weighted by molar-refractivity contribution is 5.29. The fourth-order valence-corrected chi connectivity index (χ4v) is 2.93. The first kappa shape index (κ1) is 12.7. The van der Waals surface area contributed by atoms with Gasteiger partial charge in [-0.25, -0.2) is 0 Å². The number of nitrogens with one attached hydrogen (secondary N) is 1. The monoisotopic (exact) mass is 255 g/mol. The fraction of sp³-hybridized carbons (Fsp3) is 0.562. The van der Waals surface area contributed by atoms with E-state index < -0.39 is 5.54 Å². The van der Waals surface area contributed by atoms with Crippen LogP contribution in [0.4, 0.5) is 0 Å². The summed E-state index contributed by atoms with van der Waals surface area (Å²) >= 11 is 0. The highest BCUT2D eigenvalue weighted by Gasteiger charge is 2.34. The molecule has 1 atom stereocenters. The molecule has 1 saturated carbocycles. The van der Waals surface area contributed by atoms with E-state index in [9.17, 15) is 5.26 Å². The Morgan fingerprint density at radius 3 is 2.79 bits per heavy atom. The van der Waals surface area contributed by atoms with Crippen LogP contribution in [0, 0.1) is 11.3 Å². The van der Waals surface area contributed by atoms with E-state index >= 15 is 0 Å². The molecule has 3 nitrogen and oxygen atoms in total. The lowest BCUT2D eigenvalue weighted by Gasteiger charge is -2.34. The van der Waals surface area contributed by atoms with E-state index in [0.29, 0.717) is 6.04 Å². The Morgan fingerprint density at radius 1 is 1.37 bits per heavy atom. The maximum Gasteiger partial charge on any atom is 0.116 e. The second kappa shape index (κ2) is 4.96. The number of nitrogens with zero attached hydrogens (tertiary/aromatic N) is 2. The normalized spacial score (nSPS) is 22.3. The Hall–Kier alpha value is -1.37. The van der Waals surface area contributed by atoms with Gasteiger partial charge in [0.2, 0.25) is 0 Å². The van der Waals surface area contributed by atoms with Gasteiger partial charge in [-0.05, 0) is 37.3 Å². The van der Waals surface area contributed by atoms with Crippen LogP contribution in [0.15, 0.2) is 24.3 Å². The summed E-state index contributed by atoms with van der Waals surface area (Å²) in [5, 5.41) is 12.9. The molecule has 1 fully saturated rings. The van der Waals surface area contributed by atoms with Crippen LogP contribution in [0.3, 0.4) is 0 Å². The Balaban J connectivity index is 1.66. The SMILES string of the molecule is CC(C#N)(CN1CCc2ccccc2C1)NC1CC1. The molecule has 2 aliphatic rings. The zero-order valence-corrected chi connectivity index (χ0v) is 11.5. The largest absolute Gasteiger partial charge is 0.296 e. The van der Waals surface area contributed by atoms with Crippen LogP contribution in [0.2, 0.25) is 0 Å². The zero-order valence-electron chi connectivity index (χ0n) is 11.5. The molecule has 1 unspecified atom stereocenters. The van der Waals surface area contributed by atoms with Crippen molar-refractivity contribution in [2.24, 2.45) is 0 Å². The molecule has 3 rings (SSSR count). The van der Waals surface area contributed by atoms with Crippen LogP contribution in [-0.4, -0.2) is 29.6 Å². The third-order valence-corrected chi connectivity index (χ3v) is 4.10. The molecular weight excluding hydrogens is 234 g/mol. The maximum atomic E-state index is 9.45. The number of rotatable bonds is 4. The molecule has 0 spiro atoms. The molecule has 19 heavy (non-hydrogen) atoms. The number of benzene rings is 1. The number of nitriles is 1. The maximum absolute atomic E-state index is 9.45. The highest BCUT2D eigenvalue weighted by atomic mass is 15.2. The smallest absolute Gasteiger partial charge is 0.116 e. The molecule has 0 saturated heterocycles. The van der Waals surface area contributed by atoms with Gasteiger partial charge in [0.05, 0.1) is 6.07 Å². The summed E-state index contributed by atoms with van der Waals surface area (Å²) in [7, 11) is 0. The Bertz CT molecular complexity index is 501. The van der Waals surface area contributed by atoms with Crippen LogP contribution >= 0.6 is 0 Å². The van der Waals surface area contributed by atoms with Crippen LogP contribution < -0.4 is 5.32 Å². The van der Waals surface area contributed by atoms with Crippen LogP contribution in [0.1, 0.15) is 30.9 Å². The summed E-state index contributed by atoms with van der Waals surface area (Å²) in [6, 6.07) is 11.7. The first-order valence-corrected chi connectivity index (χ1v) is 7.17. The first-order chi connectivity index (χ1) is 9.18. The number of hydrogen-bond donors (Lipinski definition) is 1. The van der Waals surface area contributed by atoms with E-state index in [1.807, 2.05) is 6.92 Å². The van der Waals surface area contributed by atoms with Crippen molar-refractivity contribution >= 4 is 0 Å². The van der Waals surface area contributed by atoms with Gasteiger partial charge in [-0.2, -0.15) is 5.26 Å². The van der Waals surface area contributed by atoms with Crippen molar-refractivity contribution in [3.05, 3.63) is 35.4 Å². The van der Waals surface area contributed by atoms with Gasteiger partial charge in [-0.15, -0.1) is 0 Å². The lowest BCUT2D eigenvalue weighted by molar-refractivity contribution is 0.203. The Labute approximate surface area is 115 Å². The van der Waals surface area contributed by atoms with Crippen molar-refractivity contribution in [1.82, 2.24) is 10.2 Å². The quantitative estimate of drug-likeness (QED) is 0.895. The molecule has 1 N–H and O–H groups in total. The lowest BCUT2D eigenvalue weighted by atomic mass is 9.97. The average molecular weight is 255 g/mol. The van der Waals surface area contributed by atoms with Gasteiger partial charge in [0.1, 0.15) is 5.54 Å². The summed E-state index contributed by atoms with van der Waals surface area (Å²) in [5.41, 5.74) is 2.47. The molecule has 1 aromatic carbocycles. The first-order valence-electron chi connectivity index (χ1n) is 7.17. The second-order valence-corrected chi connectivity index (χ2v) is 6.09. The molecule has 1 heterocycles. The van der Waals surface area contributed by atoms with E-state index in [4.69, 9.17) is 0 Å². The summed E-state index contributed by atoms with van der Waals surface area (Å²) in [6.07, 6.45) is 3.54. The van der Waals surface area contributed by atoms with E-state index in [1.165, 1.54) is 24.0 Å². The van der Waals surface area contributed by atoms with Gasteiger partial charge in [-0.3, -0.25) is 10.2 Å². The number of fused-ring (bicyclic) bond motifs is 1. The van der Waals surface area contributed by atoms with Gasteiger partial charge in [0.15, 0.2) is 0 Å². The summed E-state index contributed by atoms with van der Waals surface area (Å²) < 4.78 is 0. The molecule has 0 radical (unpaired) electrons. The van der Waals surface area contributed by atoms with Crippen molar-refractivity contribution in [2.75, 3.05) is 13.1 Å². The second-order valence-electron chi connectivity index (χ2n) is 6.09. The van der Waals surface area contributed by atoms with Crippen LogP contribution in [0.25, 0.3) is 0 Å². The van der Waals surface area contributed by atoms with Gasteiger partial charge in [0.25, 0.3) is 0 Å². The van der Waals surface area contributed by atoms with Gasteiger partial charge in [-0.1, -0.05) is 24.3 Å². The third kappa shape index (κ3) is 2.97. The average Bonchev–Trinajstić information content (AvgIpc) is 3.22. The molecule has 1 aliphatic carbocycles. The van der Waals surface area contributed by atoms with E-state index in [-0.39, 0.29) is 0 Å². The Kier molecular flexibility index (Phi) is 3.30. The molecule has 1 aliphatic heterocycles. The molecule has 3 heteroatoms. The molecule has 100 valence electrons. The summed E-state index contributed by atoms with van der Waals surface area (Å²) in [5.74, 6) is 0. The third-order valence-electron chi connectivity index (χ3n) is 4.10. The van der Waals surface area contributed by atoms with Crippen molar-refractivity contribution in [3.63, 3.8) is 0 Å². The molecule has 0 bridgehead atoms. The minimum atomic E-state index is -0.409. The van der Waals surface area contributed by atoms with E-state index in [2.05, 4.69) is 40.6 Å². The zero-order chi connectivity index (χ0) is 13.3. The summed E-state index contributed by atoms with van der Waals surface area (Å²) in [6.45, 7) is 4.88. The van der Waals surface area contributed by atoms with E-state index in [1.54, 1.807) is 0 Å².